The van der Waals surface area contributed by atoms with Crippen LogP contribution in [0.1, 0.15) is 65.5 Å². The number of H-pyrrole nitrogens is 1. The third kappa shape index (κ3) is 3.92. The lowest BCUT2D eigenvalue weighted by Crippen LogP contribution is -2.42. The van der Waals surface area contributed by atoms with E-state index in [9.17, 15) is 8.42 Å². The predicted molar refractivity (Wildman–Crippen MR) is 116 cm³/mol. The van der Waals surface area contributed by atoms with Crippen molar-refractivity contribution in [2.75, 3.05) is 23.9 Å². The minimum Gasteiger partial charge on any atom is -0.304 e. The summed E-state index contributed by atoms with van der Waals surface area (Å²) in [6, 6.07) is 5.73. The molecule has 156 valence electrons. The second kappa shape index (κ2) is 8.41. The SMILES string of the molecule is CCC(C)S(=O)(=O)N(c1ccc2[nH]nc(C3CCN(CC)CC3)c2c1)C(C)C. The Hall–Kier alpha value is -1.60. The van der Waals surface area contributed by atoms with Crippen LogP contribution in [0.2, 0.25) is 0 Å². The first-order chi connectivity index (χ1) is 13.3. The van der Waals surface area contributed by atoms with E-state index in [0.29, 0.717) is 12.3 Å². The highest BCUT2D eigenvalue weighted by molar-refractivity contribution is 7.93. The summed E-state index contributed by atoms with van der Waals surface area (Å²) in [7, 11) is -3.41. The van der Waals surface area contributed by atoms with Gasteiger partial charge in [-0.2, -0.15) is 5.10 Å². The number of hydrogen-bond acceptors (Lipinski definition) is 4. The number of aromatic nitrogens is 2. The maximum absolute atomic E-state index is 13.1. The molecule has 7 heteroatoms. The van der Waals surface area contributed by atoms with E-state index in [-0.39, 0.29) is 6.04 Å². The van der Waals surface area contributed by atoms with Crippen LogP contribution in [0.15, 0.2) is 18.2 Å². The Morgan fingerprint density at radius 1 is 1.21 bits per heavy atom. The van der Waals surface area contributed by atoms with Gasteiger partial charge in [-0.15, -0.1) is 0 Å². The normalized spacial score (nSPS) is 18.1. The van der Waals surface area contributed by atoms with Crippen molar-refractivity contribution < 1.29 is 8.42 Å². The predicted octanol–water partition coefficient (Wildman–Crippen LogP) is 4.11. The molecule has 0 aliphatic carbocycles. The fourth-order valence-electron chi connectivity index (χ4n) is 4.14. The molecule has 1 saturated heterocycles. The first-order valence-electron chi connectivity index (χ1n) is 10.5. The summed E-state index contributed by atoms with van der Waals surface area (Å²) < 4.78 is 27.8. The van der Waals surface area contributed by atoms with Gasteiger partial charge in [0.15, 0.2) is 0 Å². The number of rotatable bonds is 7. The Morgan fingerprint density at radius 2 is 1.89 bits per heavy atom. The molecule has 0 amide bonds. The first-order valence-corrected chi connectivity index (χ1v) is 12.0. The number of nitrogens with one attached hydrogen (secondary N) is 1. The quantitative estimate of drug-likeness (QED) is 0.751. The van der Waals surface area contributed by atoms with Gasteiger partial charge in [-0.3, -0.25) is 9.40 Å². The second-order valence-corrected chi connectivity index (χ2v) is 10.4. The van der Waals surface area contributed by atoms with E-state index in [1.807, 2.05) is 39.0 Å². The largest absolute Gasteiger partial charge is 0.304 e. The minimum atomic E-state index is -3.41. The van der Waals surface area contributed by atoms with Crippen LogP contribution >= 0.6 is 0 Å². The summed E-state index contributed by atoms with van der Waals surface area (Å²) in [5, 5.41) is 8.41. The zero-order chi connectivity index (χ0) is 20.5. The van der Waals surface area contributed by atoms with Gasteiger partial charge in [0.1, 0.15) is 0 Å². The van der Waals surface area contributed by atoms with E-state index in [1.165, 1.54) is 0 Å². The molecular formula is C21H34N4O2S. The molecule has 1 N–H and O–H groups in total. The van der Waals surface area contributed by atoms with Crippen LogP contribution in [0, 0.1) is 0 Å². The number of piperidine rings is 1. The summed E-state index contributed by atoms with van der Waals surface area (Å²) >= 11 is 0. The van der Waals surface area contributed by atoms with Crippen molar-refractivity contribution in [3.8, 4) is 0 Å². The summed E-state index contributed by atoms with van der Waals surface area (Å²) in [6.45, 7) is 13.0. The molecule has 2 aromatic rings. The first kappa shape index (κ1) is 21.1. The van der Waals surface area contributed by atoms with Crippen LogP contribution in [0.5, 0.6) is 0 Å². The molecule has 1 aromatic carbocycles. The van der Waals surface area contributed by atoms with Crippen LogP contribution < -0.4 is 4.31 Å². The molecule has 28 heavy (non-hydrogen) atoms. The third-order valence-electron chi connectivity index (χ3n) is 6.08. The van der Waals surface area contributed by atoms with E-state index in [2.05, 4.69) is 22.0 Å². The van der Waals surface area contributed by atoms with Gasteiger partial charge >= 0.3 is 0 Å². The van der Waals surface area contributed by atoms with Crippen LogP contribution in [-0.4, -0.2) is 54.4 Å². The van der Waals surface area contributed by atoms with Gasteiger partial charge in [0.05, 0.1) is 22.1 Å². The van der Waals surface area contributed by atoms with Gasteiger partial charge in [0.25, 0.3) is 0 Å². The molecule has 2 heterocycles. The molecule has 3 rings (SSSR count). The lowest BCUT2D eigenvalue weighted by atomic mass is 9.91. The van der Waals surface area contributed by atoms with Gasteiger partial charge in [-0.25, -0.2) is 8.42 Å². The van der Waals surface area contributed by atoms with Crippen LogP contribution in [0.25, 0.3) is 10.9 Å². The van der Waals surface area contributed by atoms with Crippen LogP contribution in [0.3, 0.4) is 0 Å². The molecule has 6 nitrogen and oxygen atoms in total. The monoisotopic (exact) mass is 406 g/mol. The number of hydrogen-bond donors (Lipinski definition) is 1. The van der Waals surface area contributed by atoms with Crippen molar-refractivity contribution in [2.24, 2.45) is 0 Å². The van der Waals surface area contributed by atoms with E-state index < -0.39 is 15.3 Å². The number of benzene rings is 1. The van der Waals surface area contributed by atoms with Crippen molar-refractivity contribution in [2.45, 2.75) is 71.1 Å². The highest BCUT2D eigenvalue weighted by Gasteiger charge is 2.31. The molecule has 1 aromatic heterocycles. The number of fused-ring (bicyclic) bond motifs is 1. The van der Waals surface area contributed by atoms with Gasteiger partial charge in [0.2, 0.25) is 10.0 Å². The van der Waals surface area contributed by atoms with Gasteiger partial charge < -0.3 is 4.90 Å². The highest BCUT2D eigenvalue weighted by Crippen LogP contribution is 2.34. The number of anilines is 1. The standard InChI is InChI=1S/C21H34N4O2S/c1-6-16(5)28(26,27)25(15(3)4)18-8-9-20-19(14-18)21(23-22-20)17-10-12-24(7-2)13-11-17/h8-9,14-17H,6-7,10-13H2,1-5H3,(H,22,23). The summed E-state index contributed by atoms with van der Waals surface area (Å²) in [5.74, 6) is 0.422. The molecule has 1 unspecified atom stereocenters. The Kier molecular flexibility index (Phi) is 6.34. The second-order valence-electron chi connectivity index (χ2n) is 8.20. The number of likely N-dealkylation sites (tertiary alicyclic amines) is 1. The van der Waals surface area contributed by atoms with E-state index in [4.69, 9.17) is 0 Å². The Labute approximate surface area is 169 Å². The molecule has 0 radical (unpaired) electrons. The van der Waals surface area contributed by atoms with Gasteiger partial charge in [-0.05, 0) is 77.9 Å². The zero-order valence-corrected chi connectivity index (χ0v) is 18.6. The van der Waals surface area contributed by atoms with E-state index in [0.717, 1.165) is 54.8 Å². The summed E-state index contributed by atoms with van der Waals surface area (Å²) in [6.07, 6.45) is 2.79. The Bertz CT molecular complexity index is 898. The van der Waals surface area contributed by atoms with Crippen molar-refractivity contribution in [3.05, 3.63) is 23.9 Å². The maximum Gasteiger partial charge on any atom is 0.237 e. The highest BCUT2D eigenvalue weighted by atomic mass is 32.2. The minimum absolute atomic E-state index is 0.139. The molecule has 1 atom stereocenters. The summed E-state index contributed by atoms with van der Waals surface area (Å²) in [5.41, 5.74) is 2.79. The zero-order valence-electron chi connectivity index (χ0n) is 17.8. The van der Waals surface area contributed by atoms with Gasteiger partial charge in [0, 0.05) is 17.3 Å². The van der Waals surface area contributed by atoms with Crippen molar-refractivity contribution >= 4 is 26.6 Å². The van der Waals surface area contributed by atoms with Crippen LogP contribution in [0.4, 0.5) is 5.69 Å². The van der Waals surface area contributed by atoms with Crippen molar-refractivity contribution in [1.29, 1.82) is 0 Å². The van der Waals surface area contributed by atoms with E-state index in [1.54, 1.807) is 11.2 Å². The molecule has 0 saturated carbocycles. The fraction of sp³-hybridized carbons (Fsp3) is 0.667. The maximum atomic E-state index is 13.1. The number of nitrogens with zero attached hydrogens (tertiary/aromatic N) is 3. The molecular weight excluding hydrogens is 372 g/mol. The molecule has 1 aliphatic heterocycles. The average Bonchev–Trinajstić information content (AvgIpc) is 3.10. The third-order valence-corrected chi connectivity index (χ3v) is 8.61. The molecule has 0 spiro atoms. The Morgan fingerprint density at radius 3 is 2.46 bits per heavy atom. The van der Waals surface area contributed by atoms with Crippen LogP contribution in [-0.2, 0) is 10.0 Å². The average molecular weight is 407 g/mol. The topological polar surface area (TPSA) is 69.3 Å². The summed E-state index contributed by atoms with van der Waals surface area (Å²) in [4.78, 5) is 2.47. The molecule has 1 fully saturated rings. The number of aromatic amines is 1. The molecule has 0 bridgehead atoms. The number of sulfonamides is 1. The lowest BCUT2D eigenvalue weighted by Gasteiger charge is -2.31. The van der Waals surface area contributed by atoms with Crippen molar-refractivity contribution in [1.82, 2.24) is 15.1 Å². The van der Waals surface area contributed by atoms with Gasteiger partial charge in [-0.1, -0.05) is 13.8 Å². The van der Waals surface area contributed by atoms with E-state index >= 15 is 0 Å². The smallest absolute Gasteiger partial charge is 0.237 e. The van der Waals surface area contributed by atoms with Crippen molar-refractivity contribution in [3.63, 3.8) is 0 Å². The molecule has 1 aliphatic rings. The Balaban J connectivity index is 1.99. The fourth-order valence-corrected chi connectivity index (χ4v) is 5.94. The lowest BCUT2D eigenvalue weighted by molar-refractivity contribution is 0.221.